The maximum atomic E-state index is 13.5. The van der Waals surface area contributed by atoms with E-state index in [0.717, 1.165) is 38.4 Å². The fourth-order valence-electron chi connectivity index (χ4n) is 3.75. The molecule has 0 bridgehead atoms. The van der Waals surface area contributed by atoms with Crippen molar-refractivity contribution in [1.82, 2.24) is 20.3 Å². The summed E-state index contributed by atoms with van der Waals surface area (Å²) in [6.07, 6.45) is 2.98. The SMILES string of the molecule is Nc1ncnc2ccc(-c3ccc(CNc4ncccc4C(=O)NCc4cc(F)c(F)c(F)c4)s3)cc12. The van der Waals surface area contributed by atoms with Crippen LogP contribution in [0.2, 0.25) is 0 Å². The average molecular weight is 521 g/mol. The number of carbonyl (C=O) groups excluding carboxylic acids is 1. The van der Waals surface area contributed by atoms with Crippen LogP contribution in [0.4, 0.5) is 24.8 Å². The first-order chi connectivity index (χ1) is 17.9. The number of rotatable bonds is 7. The largest absolute Gasteiger partial charge is 0.383 e. The molecule has 0 atom stereocenters. The number of amides is 1. The Hall–Kier alpha value is -4.51. The van der Waals surface area contributed by atoms with E-state index in [4.69, 9.17) is 5.73 Å². The molecule has 0 radical (unpaired) electrons. The van der Waals surface area contributed by atoms with E-state index in [9.17, 15) is 18.0 Å². The van der Waals surface area contributed by atoms with Gasteiger partial charge in [0.2, 0.25) is 0 Å². The highest BCUT2D eigenvalue weighted by atomic mass is 32.1. The molecule has 3 aromatic heterocycles. The van der Waals surface area contributed by atoms with Gasteiger partial charge in [-0.15, -0.1) is 11.3 Å². The number of anilines is 2. The van der Waals surface area contributed by atoms with Crippen molar-refractivity contribution >= 4 is 39.8 Å². The molecular formula is C26H19F3N6OS. The monoisotopic (exact) mass is 520 g/mol. The van der Waals surface area contributed by atoms with Crippen molar-refractivity contribution in [2.24, 2.45) is 0 Å². The van der Waals surface area contributed by atoms with E-state index in [1.807, 2.05) is 30.3 Å². The minimum Gasteiger partial charge on any atom is -0.383 e. The van der Waals surface area contributed by atoms with Gasteiger partial charge in [0, 0.05) is 27.9 Å². The van der Waals surface area contributed by atoms with Gasteiger partial charge in [-0.2, -0.15) is 0 Å². The second-order valence-corrected chi connectivity index (χ2v) is 9.23. The van der Waals surface area contributed by atoms with Gasteiger partial charge < -0.3 is 16.4 Å². The minimum atomic E-state index is -1.55. The van der Waals surface area contributed by atoms with Crippen LogP contribution in [0, 0.1) is 17.5 Å². The normalized spacial score (nSPS) is 11.0. The minimum absolute atomic E-state index is 0.0938. The highest BCUT2D eigenvalue weighted by molar-refractivity contribution is 7.15. The van der Waals surface area contributed by atoms with Crippen molar-refractivity contribution in [2.45, 2.75) is 13.1 Å². The summed E-state index contributed by atoms with van der Waals surface area (Å²) in [6, 6.07) is 14.7. The highest BCUT2D eigenvalue weighted by Crippen LogP contribution is 2.31. The molecule has 11 heteroatoms. The Morgan fingerprint density at radius 1 is 0.946 bits per heavy atom. The lowest BCUT2D eigenvalue weighted by molar-refractivity contribution is 0.0951. The molecule has 0 saturated heterocycles. The van der Waals surface area contributed by atoms with Gasteiger partial charge in [-0.25, -0.2) is 28.1 Å². The molecule has 0 aliphatic rings. The molecule has 0 fully saturated rings. The summed E-state index contributed by atoms with van der Waals surface area (Å²) < 4.78 is 40.1. The summed E-state index contributed by atoms with van der Waals surface area (Å²) in [5, 5.41) is 6.53. The first-order valence-corrected chi connectivity index (χ1v) is 11.9. The van der Waals surface area contributed by atoms with Gasteiger partial charge >= 0.3 is 0 Å². The fraction of sp³-hybridized carbons (Fsp3) is 0.0769. The number of carbonyl (C=O) groups is 1. The summed E-state index contributed by atoms with van der Waals surface area (Å²) >= 11 is 1.57. The Kier molecular flexibility index (Phi) is 6.69. The molecule has 0 spiro atoms. The summed E-state index contributed by atoms with van der Waals surface area (Å²) in [6.45, 7) is 0.228. The summed E-state index contributed by atoms with van der Waals surface area (Å²) in [7, 11) is 0. The zero-order valence-corrected chi connectivity index (χ0v) is 20.0. The Morgan fingerprint density at radius 3 is 2.57 bits per heavy atom. The molecule has 1 amide bonds. The van der Waals surface area contributed by atoms with Crippen LogP contribution < -0.4 is 16.4 Å². The van der Waals surface area contributed by atoms with Gasteiger partial charge in [0.15, 0.2) is 17.5 Å². The van der Waals surface area contributed by atoms with Crippen molar-refractivity contribution in [3.63, 3.8) is 0 Å². The molecule has 186 valence electrons. The molecular weight excluding hydrogens is 501 g/mol. The van der Waals surface area contributed by atoms with Crippen molar-refractivity contribution in [3.05, 3.63) is 101 Å². The predicted octanol–water partition coefficient (Wildman–Crippen LogP) is 5.29. The summed E-state index contributed by atoms with van der Waals surface area (Å²) in [4.78, 5) is 27.3. The Morgan fingerprint density at radius 2 is 1.76 bits per heavy atom. The predicted molar refractivity (Wildman–Crippen MR) is 136 cm³/mol. The topological polar surface area (TPSA) is 106 Å². The number of nitrogen functional groups attached to an aromatic ring is 1. The van der Waals surface area contributed by atoms with E-state index in [1.165, 1.54) is 6.33 Å². The van der Waals surface area contributed by atoms with Gasteiger partial charge in [0.25, 0.3) is 5.91 Å². The zero-order valence-electron chi connectivity index (χ0n) is 19.1. The van der Waals surface area contributed by atoms with Crippen LogP contribution in [-0.4, -0.2) is 20.9 Å². The van der Waals surface area contributed by atoms with Crippen molar-refractivity contribution < 1.29 is 18.0 Å². The molecule has 4 N–H and O–H groups in total. The number of hydrogen-bond acceptors (Lipinski definition) is 7. The molecule has 37 heavy (non-hydrogen) atoms. The third-order valence-corrected chi connectivity index (χ3v) is 6.73. The smallest absolute Gasteiger partial charge is 0.255 e. The lowest BCUT2D eigenvalue weighted by Gasteiger charge is -2.11. The van der Waals surface area contributed by atoms with E-state index in [1.54, 1.807) is 29.7 Å². The Bertz CT molecular complexity index is 1600. The number of aromatic nitrogens is 3. The van der Waals surface area contributed by atoms with Gasteiger partial charge in [0.05, 0.1) is 17.6 Å². The number of halogens is 3. The number of thiophene rings is 1. The maximum absolute atomic E-state index is 13.5. The Labute approximate surface area is 213 Å². The van der Waals surface area contributed by atoms with Crippen LogP contribution in [0.1, 0.15) is 20.8 Å². The number of fused-ring (bicyclic) bond motifs is 1. The van der Waals surface area contributed by atoms with Crippen LogP contribution >= 0.6 is 11.3 Å². The van der Waals surface area contributed by atoms with Gasteiger partial charge in [-0.05, 0) is 59.7 Å². The van der Waals surface area contributed by atoms with Crippen LogP contribution in [0.15, 0.2) is 67.1 Å². The number of nitrogens with two attached hydrogens (primary N) is 1. The fourth-order valence-corrected chi connectivity index (χ4v) is 4.69. The lowest BCUT2D eigenvalue weighted by atomic mass is 10.1. The van der Waals surface area contributed by atoms with E-state index in [2.05, 4.69) is 25.6 Å². The maximum Gasteiger partial charge on any atom is 0.255 e. The first-order valence-electron chi connectivity index (χ1n) is 11.1. The zero-order chi connectivity index (χ0) is 25.9. The van der Waals surface area contributed by atoms with Crippen molar-refractivity contribution in [2.75, 3.05) is 11.1 Å². The summed E-state index contributed by atoms with van der Waals surface area (Å²) in [5.74, 6) is -3.91. The molecule has 0 aliphatic carbocycles. The number of benzene rings is 2. The molecule has 7 nitrogen and oxygen atoms in total. The van der Waals surface area contributed by atoms with E-state index in [0.29, 0.717) is 18.2 Å². The van der Waals surface area contributed by atoms with E-state index < -0.39 is 23.4 Å². The number of nitrogens with zero attached hydrogens (tertiary/aromatic N) is 3. The lowest BCUT2D eigenvalue weighted by Crippen LogP contribution is -2.24. The van der Waals surface area contributed by atoms with Crippen LogP contribution in [0.25, 0.3) is 21.3 Å². The molecule has 5 rings (SSSR count). The van der Waals surface area contributed by atoms with Crippen LogP contribution in [0.5, 0.6) is 0 Å². The third-order valence-electron chi connectivity index (χ3n) is 5.59. The molecule has 5 aromatic rings. The van der Waals surface area contributed by atoms with Gasteiger partial charge in [-0.1, -0.05) is 6.07 Å². The van der Waals surface area contributed by atoms with Crippen molar-refractivity contribution in [1.29, 1.82) is 0 Å². The average Bonchev–Trinajstić information content (AvgIpc) is 3.38. The van der Waals surface area contributed by atoms with Gasteiger partial charge in [-0.3, -0.25) is 4.79 Å². The molecule has 0 aliphatic heterocycles. The quantitative estimate of drug-likeness (QED) is 0.252. The van der Waals surface area contributed by atoms with Crippen LogP contribution in [-0.2, 0) is 13.1 Å². The molecule has 2 aromatic carbocycles. The summed E-state index contributed by atoms with van der Waals surface area (Å²) in [5.41, 5.74) is 8.09. The van der Waals surface area contributed by atoms with E-state index in [-0.39, 0.29) is 17.7 Å². The second kappa shape index (κ2) is 10.2. The highest BCUT2D eigenvalue weighted by Gasteiger charge is 2.15. The third kappa shape index (κ3) is 5.21. The Balaban J connectivity index is 1.27. The van der Waals surface area contributed by atoms with E-state index >= 15 is 0 Å². The van der Waals surface area contributed by atoms with Crippen molar-refractivity contribution in [3.8, 4) is 10.4 Å². The standard InChI is InChI=1S/C26H19F3N6OS/c27-19-8-14(9-20(28)23(19)29)11-33-26(36)17-2-1-7-31-25(17)32-12-16-4-6-22(37-16)15-3-5-21-18(10-15)24(30)35-13-34-21/h1-10,13H,11-12H2,(H,31,32)(H,33,36)(H2,30,34,35). The van der Waals surface area contributed by atoms with Gasteiger partial charge in [0.1, 0.15) is 18.0 Å². The number of nitrogens with one attached hydrogen (secondary N) is 2. The molecule has 0 saturated carbocycles. The number of hydrogen-bond donors (Lipinski definition) is 3. The second-order valence-electron chi connectivity index (χ2n) is 8.07. The number of pyridine rings is 1. The first kappa shape index (κ1) is 24.2. The molecule has 3 heterocycles. The molecule has 0 unspecified atom stereocenters. The van der Waals surface area contributed by atoms with Crippen LogP contribution in [0.3, 0.4) is 0 Å².